The van der Waals surface area contributed by atoms with Gasteiger partial charge in [-0.2, -0.15) is 5.26 Å². The Labute approximate surface area is 157 Å². The van der Waals surface area contributed by atoms with E-state index in [4.69, 9.17) is 0 Å². The number of nitriles is 1. The van der Waals surface area contributed by atoms with E-state index in [0.717, 1.165) is 23.2 Å². The number of rotatable bonds is 5. The van der Waals surface area contributed by atoms with Gasteiger partial charge in [0.05, 0.1) is 11.3 Å². The largest absolute Gasteiger partial charge is 0.508 e. The zero-order valence-electron chi connectivity index (χ0n) is 14.8. The minimum atomic E-state index is 0.207. The number of allylic oxidation sites excluding steroid dienone is 1. The first-order valence-corrected chi connectivity index (χ1v) is 9.39. The molecule has 3 nitrogen and oxygen atoms in total. The zero-order valence-corrected chi connectivity index (χ0v) is 15.6. The van der Waals surface area contributed by atoms with Gasteiger partial charge in [0.1, 0.15) is 16.8 Å². The molecule has 0 radical (unpaired) electrons. The maximum Gasteiger partial charge on any atom is 0.134 e. The summed E-state index contributed by atoms with van der Waals surface area (Å²) in [4.78, 5) is 4.63. The predicted octanol–water partition coefficient (Wildman–Crippen LogP) is 5.78. The Bertz CT molecular complexity index is 945. The van der Waals surface area contributed by atoms with Crippen LogP contribution in [0.25, 0.3) is 22.9 Å². The van der Waals surface area contributed by atoms with Gasteiger partial charge in [-0.15, -0.1) is 11.3 Å². The molecule has 3 aromatic rings. The Morgan fingerprint density at radius 3 is 2.46 bits per heavy atom. The standard InChI is InChI=1S/C22H20N2OS/c1-15(2)11-16-3-7-18(8-4-16)21-14-26-22(24-21)19(13-23)12-17-5-9-20(25)10-6-17/h3-10,12,14-15,25H,11H2,1-2H3/b19-12+. The fourth-order valence-corrected chi connectivity index (χ4v) is 3.49. The molecule has 26 heavy (non-hydrogen) atoms. The summed E-state index contributed by atoms with van der Waals surface area (Å²) in [6.45, 7) is 4.43. The number of phenols is 1. The van der Waals surface area contributed by atoms with Crippen molar-refractivity contribution in [1.82, 2.24) is 4.98 Å². The van der Waals surface area contributed by atoms with Gasteiger partial charge in [-0.1, -0.05) is 50.2 Å². The van der Waals surface area contributed by atoms with Gasteiger partial charge < -0.3 is 5.11 Å². The second-order valence-corrected chi connectivity index (χ2v) is 7.45. The highest BCUT2D eigenvalue weighted by Crippen LogP contribution is 2.28. The quantitative estimate of drug-likeness (QED) is 0.587. The van der Waals surface area contributed by atoms with Gasteiger partial charge >= 0.3 is 0 Å². The molecule has 0 saturated heterocycles. The predicted molar refractivity (Wildman–Crippen MR) is 108 cm³/mol. The third-order valence-corrected chi connectivity index (χ3v) is 4.83. The van der Waals surface area contributed by atoms with Crippen LogP contribution in [0.15, 0.2) is 53.9 Å². The van der Waals surface area contributed by atoms with Crippen molar-refractivity contribution < 1.29 is 5.11 Å². The number of thiazole rings is 1. The Hall–Kier alpha value is -2.90. The highest BCUT2D eigenvalue weighted by atomic mass is 32.1. The van der Waals surface area contributed by atoms with Crippen LogP contribution < -0.4 is 0 Å². The van der Waals surface area contributed by atoms with E-state index in [2.05, 4.69) is 49.2 Å². The highest BCUT2D eigenvalue weighted by Gasteiger charge is 2.09. The molecule has 2 aromatic carbocycles. The van der Waals surface area contributed by atoms with Gasteiger partial charge in [0.15, 0.2) is 0 Å². The molecule has 0 bridgehead atoms. The van der Waals surface area contributed by atoms with Crippen LogP contribution in [0.1, 0.15) is 30.0 Å². The number of hydrogen-bond acceptors (Lipinski definition) is 4. The van der Waals surface area contributed by atoms with Crippen molar-refractivity contribution in [1.29, 1.82) is 5.26 Å². The number of aromatic nitrogens is 1. The van der Waals surface area contributed by atoms with E-state index in [1.807, 2.05) is 5.38 Å². The summed E-state index contributed by atoms with van der Waals surface area (Å²) in [5.41, 5.74) is 4.64. The molecule has 0 fully saturated rings. The van der Waals surface area contributed by atoms with E-state index in [1.165, 1.54) is 16.9 Å². The Morgan fingerprint density at radius 1 is 1.15 bits per heavy atom. The summed E-state index contributed by atoms with van der Waals surface area (Å²) in [7, 11) is 0. The van der Waals surface area contributed by atoms with Crippen molar-refractivity contribution in [3.8, 4) is 23.1 Å². The molecule has 0 spiro atoms. The van der Waals surface area contributed by atoms with E-state index in [-0.39, 0.29) is 5.75 Å². The normalized spacial score (nSPS) is 11.5. The number of hydrogen-bond donors (Lipinski definition) is 1. The molecule has 1 N–H and O–H groups in total. The molecule has 4 heteroatoms. The zero-order chi connectivity index (χ0) is 18.5. The van der Waals surface area contributed by atoms with Crippen LogP contribution in [0.5, 0.6) is 5.75 Å². The molecule has 0 amide bonds. The van der Waals surface area contributed by atoms with E-state index < -0.39 is 0 Å². The number of benzene rings is 2. The van der Waals surface area contributed by atoms with Crippen molar-refractivity contribution in [2.75, 3.05) is 0 Å². The second kappa shape index (κ2) is 7.99. The van der Waals surface area contributed by atoms with Crippen molar-refractivity contribution in [3.05, 3.63) is 70.0 Å². The monoisotopic (exact) mass is 360 g/mol. The van der Waals surface area contributed by atoms with Crippen LogP contribution in [0, 0.1) is 17.2 Å². The lowest BCUT2D eigenvalue weighted by molar-refractivity contribution is 0.475. The van der Waals surface area contributed by atoms with E-state index in [9.17, 15) is 10.4 Å². The fourth-order valence-electron chi connectivity index (χ4n) is 2.69. The Kier molecular flexibility index (Phi) is 5.50. The topological polar surface area (TPSA) is 56.9 Å². The molecule has 0 saturated carbocycles. The van der Waals surface area contributed by atoms with Gasteiger partial charge in [0.2, 0.25) is 0 Å². The van der Waals surface area contributed by atoms with Gasteiger partial charge in [-0.05, 0) is 41.7 Å². The summed E-state index contributed by atoms with van der Waals surface area (Å²) < 4.78 is 0. The van der Waals surface area contributed by atoms with Crippen LogP contribution >= 0.6 is 11.3 Å². The summed E-state index contributed by atoms with van der Waals surface area (Å²) in [6.07, 6.45) is 2.85. The SMILES string of the molecule is CC(C)Cc1ccc(-c2csc(/C(C#N)=C/c3ccc(O)cc3)n2)cc1. The average Bonchev–Trinajstić information content (AvgIpc) is 3.11. The molecular weight excluding hydrogens is 340 g/mol. The van der Waals surface area contributed by atoms with E-state index in [1.54, 1.807) is 30.3 Å². The summed E-state index contributed by atoms with van der Waals surface area (Å²) in [5.74, 6) is 0.841. The molecule has 0 unspecified atom stereocenters. The number of nitrogens with zero attached hydrogens (tertiary/aromatic N) is 2. The van der Waals surface area contributed by atoms with E-state index in [0.29, 0.717) is 16.5 Å². The van der Waals surface area contributed by atoms with Crippen LogP contribution in [0.4, 0.5) is 0 Å². The average molecular weight is 360 g/mol. The maximum absolute atomic E-state index is 9.49. The maximum atomic E-state index is 9.49. The molecule has 0 aliphatic carbocycles. The van der Waals surface area contributed by atoms with Gasteiger partial charge in [-0.25, -0.2) is 4.98 Å². The first-order valence-electron chi connectivity index (χ1n) is 8.51. The highest BCUT2D eigenvalue weighted by molar-refractivity contribution is 7.11. The molecule has 130 valence electrons. The van der Waals surface area contributed by atoms with Crippen molar-refractivity contribution >= 4 is 23.0 Å². The van der Waals surface area contributed by atoms with E-state index >= 15 is 0 Å². The van der Waals surface area contributed by atoms with Crippen molar-refractivity contribution in [2.24, 2.45) is 5.92 Å². The van der Waals surface area contributed by atoms with Crippen LogP contribution in [0.2, 0.25) is 0 Å². The minimum Gasteiger partial charge on any atom is -0.508 e. The molecule has 1 heterocycles. The minimum absolute atomic E-state index is 0.207. The van der Waals surface area contributed by atoms with Gasteiger partial charge in [0, 0.05) is 10.9 Å². The number of phenolic OH excluding ortho intramolecular Hbond substituents is 1. The Morgan fingerprint density at radius 2 is 1.85 bits per heavy atom. The van der Waals surface area contributed by atoms with Crippen molar-refractivity contribution in [3.63, 3.8) is 0 Å². The molecule has 0 aliphatic rings. The third kappa shape index (κ3) is 4.38. The van der Waals surface area contributed by atoms with Crippen LogP contribution in [-0.2, 0) is 6.42 Å². The summed E-state index contributed by atoms with van der Waals surface area (Å²) >= 11 is 1.46. The lowest BCUT2D eigenvalue weighted by Gasteiger charge is -2.05. The number of aromatic hydroxyl groups is 1. The second-order valence-electron chi connectivity index (χ2n) is 6.59. The first kappa shape index (κ1) is 17.9. The molecular formula is C22H20N2OS. The lowest BCUT2D eigenvalue weighted by atomic mass is 10.0. The summed E-state index contributed by atoms with van der Waals surface area (Å²) in [5, 5.41) is 21.5. The molecule has 3 rings (SSSR count). The van der Waals surface area contributed by atoms with Gasteiger partial charge in [0.25, 0.3) is 0 Å². The fraction of sp³-hybridized carbons (Fsp3) is 0.182. The third-order valence-electron chi connectivity index (χ3n) is 3.95. The van der Waals surface area contributed by atoms with Gasteiger partial charge in [-0.3, -0.25) is 0 Å². The lowest BCUT2D eigenvalue weighted by Crippen LogP contribution is -1.93. The van der Waals surface area contributed by atoms with Crippen LogP contribution in [-0.4, -0.2) is 10.1 Å². The Balaban J connectivity index is 1.84. The molecule has 1 aromatic heterocycles. The molecule has 0 aliphatic heterocycles. The van der Waals surface area contributed by atoms with Crippen LogP contribution in [0.3, 0.4) is 0 Å². The van der Waals surface area contributed by atoms with Crippen molar-refractivity contribution in [2.45, 2.75) is 20.3 Å². The molecule has 0 atom stereocenters. The first-order chi connectivity index (χ1) is 12.5. The summed E-state index contributed by atoms with van der Waals surface area (Å²) in [6, 6.07) is 17.4. The smallest absolute Gasteiger partial charge is 0.134 e.